The first-order valence-corrected chi connectivity index (χ1v) is 9.19. The molecule has 25 heavy (non-hydrogen) atoms. The lowest BCUT2D eigenvalue weighted by Crippen LogP contribution is -2.39. The average molecular weight is 337 g/mol. The minimum absolute atomic E-state index is 0.118. The number of hydrogen-bond donors (Lipinski definition) is 1. The van der Waals surface area contributed by atoms with Crippen molar-refractivity contribution in [2.45, 2.75) is 52.5 Å². The zero-order valence-electron chi connectivity index (χ0n) is 15.4. The number of rotatable bonds is 4. The van der Waals surface area contributed by atoms with E-state index in [1.165, 1.54) is 24.8 Å². The second kappa shape index (κ2) is 7.68. The minimum Gasteiger partial charge on any atom is -0.367 e. The SMILES string of the molecule is CCC1CCCCN1c1ccc(NC(=O)c2ccc(C)c(C)c2)nc1. The maximum atomic E-state index is 12.4. The molecule has 132 valence electrons. The Labute approximate surface area is 150 Å². The largest absolute Gasteiger partial charge is 0.367 e. The number of piperidine rings is 1. The molecule has 4 nitrogen and oxygen atoms in total. The van der Waals surface area contributed by atoms with Gasteiger partial charge in [-0.2, -0.15) is 0 Å². The topological polar surface area (TPSA) is 45.2 Å². The summed E-state index contributed by atoms with van der Waals surface area (Å²) in [5.41, 5.74) is 4.12. The average Bonchev–Trinajstić information content (AvgIpc) is 2.64. The van der Waals surface area contributed by atoms with Gasteiger partial charge in [0.2, 0.25) is 0 Å². The Balaban J connectivity index is 1.69. The van der Waals surface area contributed by atoms with E-state index in [1.54, 1.807) is 0 Å². The minimum atomic E-state index is -0.118. The van der Waals surface area contributed by atoms with E-state index < -0.39 is 0 Å². The maximum absolute atomic E-state index is 12.4. The number of nitrogens with one attached hydrogen (secondary N) is 1. The summed E-state index contributed by atoms with van der Waals surface area (Å²) in [5, 5.41) is 2.89. The van der Waals surface area contributed by atoms with Crippen LogP contribution in [0.15, 0.2) is 36.5 Å². The third kappa shape index (κ3) is 4.01. The predicted molar refractivity (Wildman–Crippen MR) is 103 cm³/mol. The fraction of sp³-hybridized carbons (Fsp3) is 0.429. The van der Waals surface area contributed by atoms with E-state index in [9.17, 15) is 4.79 Å². The Bertz CT molecular complexity index is 739. The first kappa shape index (κ1) is 17.5. The molecule has 2 heterocycles. The van der Waals surface area contributed by atoms with Crippen LogP contribution in [0, 0.1) is 13.8 Å². The second-order valence-corrected chi connectivity index (χ2v) is 6.91. The van der Waals surface area contributed by atoms with E-state index in [1.807, 2.05) is 44.3 Å². The lowest BCUT2D eigenvalue weighted by Gasteiger charge is -2.37. The molecule has 4 heteroatoms. The molecule has 1 atom stereocenters. The molecule has 0 spiro atoms. The van der Waals surface area contributed by atoms with Crippen LogP contribution in [0.25, 0.3) is 0 Å². The molecule has 0 bridgehead atoms. The Hall–Kier alpha value is -2.36. The molecular weight excluding hydrogens is 310 g/mol. The van der Waals surface area contributed by atoms with Crippen LogP contribution in [-0.4, -0.2) is 23.5 Å². The molecule has 0 aliphatic carbocycles. The smallest absolute Gasteiger partial charge is 0.256 e. The molecule has 1 aliphatic heterocycles. The summed E-state index contributed by atoms with van der Waals surface area (Å²) >= 11 is 0. The number of benzene rings is 1. The monoisotopic (exact) mass is 337 g/mol. The number of pyridine rings is 1. The van der Waals surface area contributed by atoms with E-state index in [0.29, 0.717) is 17.4 Å². The molecule has 1 saturated heterocycles. The number of nitrogens with zero attached hydrogens (tertiary/aromatic N) is 2. The van der Waals surface area contributed by atoms with Gasteiger partial charge in [0.1, 0.15) is 5.82 Å². The molecule has 1 aliphatic rings. The number of aryl methyl sites for hydroxylation is 2. The van der Waals surface area contributed by atoms with Crippen LogP contribution in [0.5, 0.6) is 0 Å². The predicted octanol–water partition coefficient (Wildman–Crippen LogP) is 4.72. The van der Waals surface area contributed by atoms with E-state index >= 15 is 0 Å². The van der Waals surface area contributed by atoms with Crippen LogP contribution in [-0.2, 0) is 0 Å². The quantitative estimate of drug-likeness (QED) is 0.878. The summed E-state index contributed by atoms with van der Waals surface area (Å²) in [4.78, 5) is 19.3. The molecule has 1 fully saturated rings. The van der Waals surface area contributed by atoms with Crippen LogP contribution in [0.4, 0.5) is 11.5 Å². The van der Waals surface area contributed by atoms with Gasteiger partial charge in [-0.05, 0) is 74.9 Å². The van der Waals surface area contributed by atoms with Crippen LogP contribution < -0.4 is 10.2 Å². The van der Waals surface area contributed by atoms with Crippen molar-refractivity contribution in [2.75, 3.05) is 16.8 Å². The summed E-state index contributed by atoms with van der Waals surface area (Å²) in [6.45, 7) is 7.40. The van der Waals surface area contributed by atoms with Crippen LogP contribution >= 0.6 is 0 Å². The molecule has 3 rings (SSSR count). The molecular formula is C21H27N3O. The van der Waals surface area contributed by atoms with E-state index in [2.05, 4.69) is 28.2 Å². The Kier molecular flexibility index (Phi) is 5.37. The molecule has 2 aromatic rings. The molecule has 1 unspecified atom stereocenters. The third-order valence-corrected chi connectivity index (χ3v) is 5.19. The standard InChI is InChI=1S/C21H27N3O/c1-4-18-7-5-6-12-24(18)19-10-11-20(22-14-19)23-21(25)17-9-8-15(2)16(3)13-17/h8-11,13-14,18H,4-7,12H2,1-3H3,(H,22,23,25). The lowest BCUT2D eigenvalue weighted by atomic mass is 9.99. The Morgan fingerprint density at radius 3 is 2.72 bits per heavy atom. The molecule has 1 aromatic heterocycles. The molecule has 1 aromatic carbocycles. The summed E-state index contributed by atoms with van der Waals surface area (Å²) in [7, 11) is 0. The molecule has 1 N–H and O–H groups in total. The van der Waals surface area contributed by atoms with Crippen molar-refractivity contribution in [1.82, 2.24) is 4.98 Å². The highest BCUT2D eigenvalue weighted by molar-refractivity contribution is 6.03. The maximum Gasteiger partial charge on any atom is 0.256 e. The summed E-state index contributed by atoms with van der Waals surface area (Å²) in [6.07, 6.45) is 6.84. The number of aromatic nitrogens is 1. The van der Waals surface area contributed by atoms with Gasteiger partial charge < -0.3 is 10.2 Å². The lowest BCUT2D eigenvalue weighted by molar-refractivity contribution is 0.102. The molecule has 0 saturated carbocycles. The van der Waals surface area contributed by atoms with Gasteiger partial charge in [-0.15, -0.1) is 0 Å². The van der Waals surface area contributed by atoms with Gasteiger partial charge in [-0.1, -0.05) is 13.0 Å². The van der Waals surface area contributed by atoms with Gasteiger partial charge in [0, 0.05) is 18.2 Å². The van der Waals surface area contributed by atoms with Gasteiger partial charge in [0.25, 0.3) is 5.91 Å². The van der Waals surface area contributed by atoms with Crippen molar-refractivity contribution in [3.63, 3.8) is 0 Å². The highest BCUT2D eigenvalue weighted by atomic mass is 16.1. The first-order valence-electron chi connectivity index (χ1n) is 9.19. The zero-order chi connectivity index (χ0) is 17.8. The third-order valence-electron chi connectivity index (χ3n) is 5.19. The second-order valence-electron chi connectivity index (χ2n) is 6.91. The molecule has 1 amide bonds. The van der Waals surface area contributed by atoms with Crippen molar-refractivity contribution in [3.8, 4) is 0 Å². The highest BCUT2D eigenvalue weighted by Crippen LogP contribution is 2.26. The number of hydrogen-bond acceptors (Lipinski definition) is 3. The number of carbonyl (C=O) groups excluding carboxylic acids is 1. The van der Waals surface area contributed by atoms with Crippen molar-refractivity contribution < 1.29 is 4.79 Å². The fourth-order valence-corrected chi connectivity index (χ4v) is 3.47. The Morgan fingerprint density at radius 1 is 1.20 bits per heavy atom. The fourth-order valence-electron chi connectivity index (χ4n) is 3.47. The van der Waals surface area contributed by atoms with E-state index in [-0.39, 0.29) is 5.91 Å². The van der Waals surface area contributed by atoms with Gasteiger partial charge in [0.15, 0.2) is 0 Å². The van der Waals surface area contributed by atoms with Gasteiger partial charge in [-0.25, -0.2) is 4.98 Å². The summed E-state index contributed by atoms with van der Waals surface area (Å²) in [6, 6.07) is 10.3. The van der Waals surface area contributed by atoms with Gasteiger partial charge in [-0.3, -0.25) is 4.79 Å². The normalized spacial score (nSPS) is 17.4. The summed E-state index contributed by atoms with van der Waals surface area (Å²) < 4.78 is 0. The van der Waals surface area contributed by atoms with Crippen LogP contribution in [0.2, 0.25) is 0 Å². The van der Waals surface area contributed by atoms with Crippen molar-refractivity contribution in [2.24, 2.45) is 0 Å². The zero-order valence-corrected chi connectivity index (χ0v) is 15.4. The number of carbonyl (C=O) groups is 1. The van der Waals surface area contributed by atoms with Gasteiger partial charge >= 0.3 is 0 Å². The first-order chi connectivity index (χ1) is 12.1. The van der Waals surface area contributed by atoms with Crippen molar-refractivity contribution in [1.29, 1.82) is 0 Å². The van der Waals surface area contributed by atoms with Crippen LogP contribution in [0.1, 0.15) is 54.1 Å². The van der Waals surface area contributed by atoms with Crippen molar-refractivity contribution in [3.05, 3.63) is 53.2 Å². The number of amides is 1. The molecule has 0 radical (unpaired) electrons. The van der Waals surface area contributed by atoms with Crippen LogP contribution in [0.3, 0.4) is 0 Å². The van der Waals surface area contributed by atoms with Crippen molar-refractivity contribution >= 4 is 17.4 Å². The van der Waals surface area contributed by atoms with E-state index in [0.717, 1.165) is 24.2 Å². The summed E-state index contributed by atoms with van der Waals surface area (Å²) in [5.74, 6) is 0.477. The number of anilines is 2. The van der Waals surface area contributed by atoms with E-state index in [4.69, 9.17) is 0 Å². The highest BCUT2D eigenvalue weighted by Gasteiger charge is 2.21. The Morgan fingerprint density at radius 2 is 2.04 bits per heavy atom. The van der Waals surface area contributed by atoms with Gasteiger partial charge in [0.05, 0.1) is 11.9 Å².